The molecule has 0 radical (unpaired) electrons. The van der Waals surface area contributed by atoms with Crippen LogP contribution in [0.15, 0.2) is 71.5 Å². The van der Waals surface area contributed by atoms with Gasteiger partial charge in [-0.15, -0.1) is 0 Å². The molecule has 0 bridgehead atoms. The molecule has 2 amide bonds. The first kappa shape index (κ1) is 23.6. The van der Waals surface area contributed by atoms with Gasteiger partial charge in [0.25, 0.3) is 0 Å². The van der Waals surface area contributed by atoms with Gasteiger partial charge in [0.1, 0.15) is 12.0 Å². The summed E-state index contributed by atoms with van der Waals surface area (Å²) in [6.45, 7) is 2.42. The van der Waals surface area contributed by atoms with Crippen LogP contribution in [0.4, 0.5) is 10.5 Å². The second-order valence-electron chi connectivity index (χ2n) is 7.42. The Morgan fingerprint density at radius 2 is 1.83 bits per heavy atom. The Bertz CT molecular complexity index is 1280. The number of rotatable bonds is 9. The topological polar surface area (TPSA) is 121 Å². The van der Waals surface area contributed by atoms with Crippen molar-refractivity contribution in [3.8, 4) is 22.9 Å². The van der Waals surface area contributed by atoms with Crippen molar-refractivity contribution in [2.75, 3.05) is 25.6 Å². The molecule has 180 valence electrons. The molecule has 0 saturated carbocycles. The van der Waals surface area contributed by atoms with E-state index < -0.39 is 5.97 Å². The first-order valence-corrected chi connectivity index (χ1v) is 11.0. The van der Waals surface area contributed by atoms with Crippen LogP contribution in [0.2, 0.25) is 0 Å². The standard InChI is InChI=1S/C25H25N5O5/c1-3-34-24(31)22-13-15-30(29-22)20-8-6-18(7-9-20)28-25(32)26-14-12-19-16-35-23(27-19)17-4-10-21(33-2)11-5-17/h4-11,13,15-16H,3,12,14H2,1-2H3,(H2,26,28,32). The molecule has 10 nitrogen and oxygen atoms in total. The van der Waals surface area contributed by atoms with Gasteiger partial charge in [0, 0.05) is 30.4 Å². The number of ether oxygens (including phenoxy) is 2. The Morgan fingerprint density at radius 3 is 2.54 bits per heavy atom. The summed E-state index contributed by atoms with van der Waals surface area (Å²) >= 11 is 0. The third kappa shape index (κ3) is 6.05. The number of amides is 2. The number of anilines is 1. The highest BCUT2D eigenvalue weighted by Crippen LogP contribution is 2.22. The number of methoxy groups -OCH3 is 1. The van der Waals surface area contributed by atoms with Gasteiger partial charge in [0.15, 0.2) is 5.69 Å². The van der Waals surface area contributed by atoms with Crippen molar-refractivity contribution in [2.45, 2.75) is 13.3 Å². The van der Waals surface area contributed by atoms with E-state index in [1.165, 1.54) is 0 Å². The van der Waals surface area contributed by atoms with Crippen LogP contribution in [-0.4, -0.2) is 47.0 Å². The number of esters is 1. The van der Waals surface area contributed by atoms with Crippen molar-refractivity contribution in [1.29, 1.82) is 0 Å². The zero-order valence-corrected chi connectivity index (χ0v) is 19.4. The maximum Gasteiger partial charge on any atom is 0.358 e. The summed E-state index contributed by atoms with van der Waals surface area (Å²) in [6, 6.07) is 15.8. The molecule has 2 aromatic heterocycles. The maximum atomic E-state index is 12.2. The highest BCUT2D eigenvalue weighted by Gasteiger charge is 2.11. The van der Waals surface area contributed by atoms with E-state index in [1.54, 1.807) is 61.5 Å². The minimum Gasteiger partial charge on any atom is -0.497 e. The van der Waals surface area contributed by atoms with Crippen LogP contribution < -0.4 is 15.4 Å². The molecule has 0 fully saturated rings. The SMILES string of the molecule is CCOC(=O)c1ccn(-c2ccc(NC(=O)NCCc3coc(-c4ccc(OC)cc4)n3)cc2)n1. The van der Waals surface area contributed by atoms with Gasteiger partial charge in [0.2, 0.25) is 5.89 Å². The summed E-state index contributed by atoms with van der Waals surface area (Å²) in [5.74, 6) is 0.803. The van der Waals surface area contributed by atoms with Crippen LogP contribution in [-0.2, 0) is 11.2 Å². The Morgan fingerprint density at radius 1 is 1.06 bits per heavy atom. The molecule has 0 spiro atoms. The van der Waals surface area contributed by atoms with Gasteiger partial charge in [-0.05, 0) is 61.5 Å². The number of nitrogens with one attached hydrogen (secondary N) is 2. The lowest BCUT2D eigenvalue weighted by Gasteiger charge is -2.08. The molecule has 35 heavy (non-hydrogen) atoms. The van der Waals surface area contributed by atoms with E-state index in [0.29, 0.717) is 24.5 Å². The number of hydrogen-bond acceptors (Lipinski definition) is 7. The molecule has 0 aliphatic rings. The normalized spacial score (nSPS) is 10.6. The molecular formula is C25H25N5O5. The fraction of sp³-hybridized carbons (Fsp3) is 0.200. The summed E-state index contributed by atoms with van der Waals surface area (Å²) in [7, 11) is 1.61. The minimum absolute atomic E-state index is 0.233. The predicted molar refractivity (Wildman–Crippen MR) is 129 cm³/mol. The number of carbonyl (C=O) groups is 2. The van der Waals surface area contributed by atoms with Gasteiger partial charge in [-0.1, -0.05) is 0 Å². The zero-order valence-electron chi connectivity index (χ0n) is 19.4. The number of nitrogens with zero attached hydrogens (tertiary/aromatic N) is 3. The van der Waals surface area contributed by atoms with Gasteiger partial charge < -0.3 is 24.5 Å². The molecular weight excluding hydrogens is 450 g/mol. The Kier molecular flexibility index (Phi) is 7.41. The molecule has 0 unspecified atom stereocenters. The minimum atomic E-state index is -0.469. The Hall–Kier alpha value is -4.60. The molecule has 10 heteroatoms. The van der Waals surface area contributed by atoms with Crippen LogP contribution in [0.1, 0.15) is 23.1 Å². The van der Waals surface area contributed by atoms with E-state index in [4.69, 9.17) is 13.9 Å². The van der Waals surface area contributed by atoms with Crippen molar-refractivity contribution >= 4 is 17.7 Å². The number of oxazole rings is 1. The molecule has 0 aliphatic heterocycles. The quantitative estimate of drug-likeness (QED) is 0.350. The monoisotopic (exact) mass is 475 g/mol. The fourth-order valence-corrected chi connectivity index (χ4v) is 3.25. The largest absolute Gasteiger partial charge is 0.497 e. The molecule has 2 N–H and O–H groups in total. The van der Waals surface area contributed by atoms with Crippen molar-refractivity contribution in [3.63, 3.8) is 0 Å². The molecule has 4 aromatic rings. The molecule has 0 saturated heterocycles. The van der Waals surface area contributed by atoms with Gasteiger partial charge in [-0.25, -0.2) is 19.3 Å². The fourth-order valence-electron chi connectivity index (χ4n) is 3.25. The van der Waals surface area contributed by atoms with Crippen LogP contribution in [0, 0.1) is 0 Å². The van der Waals surface area contributed by atoms with E-state index in [2.05, 4.69) is 20.7 Å². The summed E-state index contributed by atoms with van der Waals surface area (Å²) in [5, 5.41) is 9.79. The lowest BCUT2D eigenvalue weighted by molar-refractivity contribution is 0.0519. The van der Waals surface area contributed by atoms with Gasteiger partial charge in [-0.3, -0.25) is 0 Å². The molecule has 0 atom stereocenters. The lowest BCUT2D eigenvalue weighted by Crippen LogP contribution is -2.30. The smallest absolute Gasteiger partial charge is 0.358 e. The van der Waals surface area contributed by atoms with Crippen LogP contribution in [0.25, 0.3) is 17.1 Å². The van der Waals surface area contributed by atoms with E-state index in [-0.39, 0.29) is 18.3 Å². The predicted octanol–water partition coefficient (Wildman–Crippen LogP) is 4.08. The molecule has 2 heterocycles. The van der Waals surface area contributed by atoms with Crippen LogP contribution in [0.5, 0.6) is 5.75 Å². The van der Waals surface area contributed by atoms with E-state index in [9.17, 15) is 9.59 Å². The van der Waals surface area contributed by atoms with Crippen molar-refractivity contribution < 1.29 is 23.5 Å². The first-order valence-electron chi connectivity index (χ1n) is 11.0. The zero-order chi connectivity index (χ0) is 24.6. The number of aromatic nitrogens is 3. The number of benzene rings is 2. The number of urea groups is 1. The van der Waals surface area contributed by atoms with E-state index in [1.807, 2.05) is 24.3 Å². The maximum absolute atomic E-state index is 12.2. The first-order chi connectivity index (χ1) is 17.1. The molecule has 2 aromatic carbocycles. The highest BCUT2D eigenvalue weighted by molar-refractivity contribution is 5.89. The van der Waals surface area contributed by atoms with Gasteiger partial charge >= 0.3 is 12.0 Å². The summed E-state index contributed by atoms with van der Waals surface area (Å²) in [4.78, 5) is 28.5. The average molecular weight is 476 g/mol. The summed E-state index contributed by atoms with van der Waals surface area (Å²) in [6.07, 6.45) is 3.78. The summed E-state index contributed by atoms with van der Waals surface area (Å²) in [5.41, 5.74) is 3.18. The van der Waals surface area contributed by atoms with E-state index >= 15 is 0 Å². The Balaban J connectivity index is 1.25. The number of carbonyl (C=O) groups excluding carboxylic acids is 2. The van der Waals surface area contributed by atoms with E-state index in [0.717, 1.165) is 22.7 Å². The van der Waals surface area contributed by atoms with Gasteiger partial charge in [-0.2, -0.15) is 5.10 Å². The molecule has 4 rings (SSSR count). The van der Waals surface area contributed by atoms with Crippen molar-refractivity contribution in [2.24, 2.45) is 0 Å². The second kappa shape index (κ2) is 11.0. The van der Waals surface area contributed by atoms with Crippen molar-refractivity contribution in [1.82, 2.24) is 20.1 Å². The lowest BCUT2D eigenvalue weighted by atomic mass is 10.2. The van der Waals surface area contributed by atoms with Crippen LogP contribution in [0.3, 0.4) is 0 Å². The van der Waals surface area contributed by atoms with Crippen molar-refractivity contribution in [3.05, 3.63) is 78.4 Å². The average Bonchev–Trinajstić information content (AvgIpc) is 3.55. The molecule has 0 aliphatic carbocycles. The number of hydrogen-bond donors (Lipinski definition) is 2. The Labute approximate surface area is 201 Å². The summed E-state index contributed by atoms with van der Waals surface area (Å²) < 4.78 is 17.2. The highest BCUT2D eigenvalue weighted by atomic mass is 16.5. The third-order valence-corrected chi connectivity index (χ3v) is 5.02. The van der Waals surface area contributed by atoms with Crippen LogP contribution >= 0.6 is 0 Å². The second-order valence-corrected chi connectivity index (χ2v) is 7.42. The van der Waals surface area contributed by atoms with Gasteiger partial charge in [0.05, 0.1) is 25.1 Å². The third-order valence-electron chi connectivity index (χ3n) is 5.02.